The van der Waals surface area contributed by atoms with Crippen molar-refractivity contribution < 1.29 is 4.79 Å². The molecule has 3 heterocycles. The number of aryl methyl sites for hydroxylation is 1. The zero-order chi connectivity index (χ0) is 16.9. The maximum atomic E-state index is 12.7. The standard InChI is InChI=1S/C17H30N6O/c1-3-15-18-16(20-19-15)13-21-9-11-22(12-10-21)14(2)17(24)23-7-5-4-6-8-23/h14H,3-13H2,1-2H3,(H,18,19,20). The van der Waals surface area contributed by atoms with E-state index in [2.05, 4.69) is 43.7 Å². The summed E-state index contributed by atoms with van der Waals surface area (Å²) in [5, 5.41) is 7.22. The fourth-order valence-corrected chi connectivity index (χ4v) is 3.62. The number of nitrogens with zero attached hydrogens (tertiary/aromatic N) is 5. The monoisotopic (exact) mass is 334 g/mol. The Hall–Kier alpha value is -1.47. The topological polar surface area (TPSA) is 68.4 Å². The Morgan fingerprint density at radius 3 is 2.46 bits per heavy atom. The van der Waals surface area contributed by atoms with Crippen molar-refractivity contribution in [1.82, 2.24) is 29.9 Å². The number of carbonyl (C=O) groups is 1. The number of aromatic nitrogens is 3. The molecule has 7 nitrogen and oxygen atoms in total. The van der Waals surface area contributed by atoms with Crippen LogP contribution >= 0.6 is 0 Å². The van der Waals surface area contributed by atoms with Gasteiger partial charge in [-0.3, -0.25) is 19.7 Å². The van der Waals surface area contributed by atoms with Gasteiger partial charge in [-0.2, -0.15) is 5.10 Å². The number of aromatic amines is 1. The molecular weight excluding hydrogens is 304 g/mol. The lowest BCUT2D eigenvalue weighted by molar-refractivity contribution is -0.138. The second-order valence-corrected chi connectivity index (χ2v) is 6.93. The maximum absolute atomic E-state index is 12.7. The summed E-state index contributed by atoms with van der Waals surface area (Å²) < 4.78 is 0. The van der Waals surface area contributed by atoms with Crippen LogP contribution in [0.5, 0.6) is 0 Å². The summed E-state index contributed by atoms with van der Waals surface area (Å²) in [4.78, 5) is 23.9. The number of piperidine rings is 1. The molecule has 0 saturated carbocycles. The minimum atomic E-state index is 0.00206. The summed E-state index contributed by atoms with van der Waals surface area (Å²) in [6.45, 7) is 10.6. The van der Waals surface area contributed by atoms with Gasteiger partial charge in [-0.05, 0) is 26.2 Å². The molecule has 1 unspecified atom stereocenters. The molecule has 3 rings (SSSR count). The van der Waals surface area contributed by atoms with Crippen molar-refractivity contribution in [1.29, 1.82) is 0 Å². The van der Waals surface area contributed by atoms with Crippen LogP contribution in [0.1, 0.15) is 44.8 Å². The molecule has 134 valence electrons. The molecule has 2 saturated heterocycles. The molecular formula is C17H30N6O. The van der Waals surface area contributed by atoms with Crippen LogP contribution in [0.4, 0.5) is 0 Å². The molecule has 0 aliphatic carbocycles. The van der Waals surface area contributed by atoms with Gasteiger partial charge < -0.3 is 4.90 Å². The van der Waals surface area contributed by atoms with Crippen molar-refractivity contribution in [2.24, 2.45) is 0 Å². The number of amides is 1. The van der Waals surface area contributed by atoms with Crippen molar-refractivity contribution in [3.05, 3.63) is 11.6 Å². The normalized spacial score (nSPS) is 21.8. The zero-order valence-electron chi connectivity index (χ0n) is 15.0. The van der Waals surface area contributed by atoms with E-state index in [1.807, 2.05) is 0 Å². The Morgan fingerprint density at radius 1 is 1.12 bits per heavy atom. The first-order valence-electron chi connectivity index (χ1n) is 9.32. The summed E-state index contributed by atoms with van der Waals surface area (Å²) in [5.74, 6) is 2.13. The van der Waals surface area contributed by atoms with Crippen LogP contribution in [0.15, 0.2) is 0 Å². The molecule has 7 heteroatoms. The molecule has 2 fully saturated rings. The second kappa shape index (κ2) is 8.07. The van der Waals surface area contributed by atoms with Gasteiger partial charge in [0.05, 0.1) is 12.6 Å². The predicted molar refractivity (Wildman–Crippen MR) is 92.5 cm³/mol. The molecule has 24 heavy (non-hydrogen) atoms. The highest BCUT2D eigenvalue weighted by Gasteiger charge is 2.29. The Morgan fingerprint density at radius 2 is 1.83 bits per heavy atom. The molecule has 0 radical (unpaired) electrons. The van der Waals surface area contributed by atoms with Crippen LogP contribution in [0.25, 0.3) is 0 Å². The third-order valence-corrected chi connectivity index (χ3v) is 5.25. The minimum Gasteiger partial charge on any atom is -0.341 e. The quantitative estimate of drug-likeness (QED) is 0.866. The molecule has 1 aromatic heterocycles. The Bertz CT molecular complexity index is 531. The van der Waals surface area contributed by atoms with E-state index in [1.165, 1.54) is 6.42 Å². The molecule has 1 atom stereocenters. The molecule has 1 aromatic rings. The van der Waals surface area contributed by atoms with Crippen molar-refractivity contribution in [3.8, 4) is 0 Å². The number of hydrogen-bond donors (Lipinski definition) is 1. The number of rotatable bonds is 5. The van der Waals surface area contributed by atoms with Crippen molar-refractivity contribution >= 4 is 5.91 Å². The third-order valence-electron chi connectivity index (χ3n) is 5.25. The predicted octanol–water partition coefficient (Wildman–Crippen LogP) is 0.886. The van der Waals surface area contributed by atoms with Crippen LogP contribution in [0.3, 0.4) is 0 Å². The molecule has 0 bridgehead atoms. The van der Waals surface area contributed by atoms with Gasteiger partial charge in [0.2, 0.25) is 5.91 Å². The van der Waals surface area contributed by atoms with Gasteiger partial charge in [-0.1, -0.05) is 6.92 Å². The molecule has 0 aromatic carbocycles. The zero-order valence-corrected chi connectivity index (χ0v) is 15.0. The average molecular weight is 334 g/mol. The van der Waals surface area contributed by atoms with E-state index in [1.54, 1.807) is 0 Å². The van der Waals surface area contributed by atoms with Gasteiger partial charge in [-0.25, -0.2) is 4.98 Å². The first kappa shape index (κ1) is 17.4. The first-order chi connectivity index (χ1) is 11.7. The van der Waals surface area contributed by atoms with E-state index in [9.17, 15) is 4.79 Å². The summed E-state index contributed by atoms with van der Waals surface area (Å²) in [7, 11) is 0. The number of likely N-dealkylation sites (tertiary alicyclic amines) is 1. The number of H-pyrrole nitrogens is 1. The van der Waals surface area contributed by atoms with Crippen molar-refractivity contribution in [3.63, 3.8) is 0 Å². The fraction of sp³-hybridized carbons (Fsp3) is 0.824. The summed E-state index contributed by atoms with van der Waals surface area (Å²) >= 11 is 0. The van der Waals surface area contributed by atoms with Crippen molar-refractivity contribution in [2.45, 2.75) is 52.1 Å². The van der Waals surface area contributed by atoms with Crippen LogP contribution in [0.2, 0.25) is 0 Å². The van der Waals surface area contributed by atoms with Gasteiger partial charge in [0.25, 0.3) is 0 Å². The largest absolute Gasteiger partial charge is 0.341 e. The Kier molecular flexibility index (Phi) is 5.84. The summed E-state index contributed by atoms with van der Waals surface area (Å²) in [5.41, 5.74) is 0. The minimum absolute atomic E-state index is 0.00206. The Balaban J connectivity index is 1.46. The molecule has 2 aliphatic rings. The smallest absolute Gasteiger partial charge is 0.239 e. The van der Waals surface area contributed by atoms with E-state index < -0.39 is 0 Å². The van der Waals surface area contributed by atoms with Gasteiger partial charge in [-0.15, -0.1) is 0 Å². The fourth-order valence-electron chi connectivity index (χ4n) is 3.62. The number of nitrogens with one attached hydrogen (secondary N) is 1. The third kappa shape index (κ3) is 4.13. The van der Waals surface area contributed by atoms with Crippen LogP contribution in [-0.4, -0.2) is 81.1 Å². The van der Waals surface area contributed by atoms with Gasteiger partial charge in [0.1, 0.15) is 11.6 Å². The molecule has 1 amide bonds. The van der Waals surface area contributed by atoms with E-state index >= 15 is 0 Å². The van der Waals surface area contributed by atoms with Gasteiger partial charge in [0.15, 0.2) is 0 Å². The maximum Gasteiger partial charge on any atom is 0.239 e. The van der Waals surface area contributed by atoms with E-state index in [0.29, 0.717) is 5.91 Å². The lowest BCUT2D eigenvalue weighted by atomic mass is 10.1. The summed E-state index contributed by atoms with van der Waals surface area (Å²) in [6, 6.07) is 0.00206. The lowest BCUT2D eigenvalue weighted by Crippen LogP contribution is -2.54. The van der Waals surface area contributed by atoms with Crippen LogP contribution in [0, 0.1) is 0 Å². The van der Waals surface area contributed by atoms with Gasteiger partial charge in [0, 0.05) is 45.7 Å². The molecule has 2 aliphatic heterocycles. The SMILES string of the molecule is CCc1n[nH]c(CN2CCN(C(C)C(=O)N3CCCCC3)CC2)n1. The van der Waals surface area contributed by atoms with Gasteiger partial charge >= 0.3 is 0 Å². The second-order valence-electron chi connectivity index (χ2n) is 6.93. The first-order valence-corrected chi connectivity index (χ1v) is 9.32. The van der Waals surface area contributed by atoms with E-state index in [0.717, 1.165) is 76.7 Å². The highest BCUT2D eigenvalue weighted by Crippen LogP contribution is 2.14. The van der Waals surface area contributed by atoms with Crippen molar-refractivity contribution in [2.75, 3.05) is 39.3 Å². The number of carbonyl (C=O) groups excluding carboxylic acids is 1. The number of piperazine rings is 1. The Labute approximate surface area is 144 Å². The van der Waals surface area contributed by atoms with Crippen LogP contribution < -0.4 is 0 Å². The molecule has 0 spiro atoms. The lowest BCUT2D eigenvalue weighted by Gasteiger charge is -2.39. The summed E-state index contributed by atoms with van der Waals surface area (Å²) in [6.07, 6.45) is 4.44. The molecule has 1 N–H and O–H groups in total. The number of hydrogen-bond acceptors (Lipinski definition) is 5. The highest BCUT2D eigenvalue weighted by atomic mass is 16.2. The average Bonchev–Trinajstić information content (AvgIpc) is 3.09. The highest BCUT2D eigenvalue weighted by molar-refractivity contribution is 5.81. The van der Waals surface area contributed by atoms with Crippen LogP contribution in [-0.2, 0) is 17.8 Å². The van der Waals surface area contributed by atoms with E-state index in [4.69, 9.17) is 0 Å². The van der Waals surface area contributed by atoms with E-state index in [-0.39, 0.29) is 6.04 Å².